The van der Waals surface area contributed by atoms with Gasteiger partial charge < -0.3 is 10.2 Å². The molecule has 1 atom stereocenters. The number of aliphatic hydroxyl groups excluding tert-OH is 1. The van der Waals surface area contributed by atoms with E-state index in [2.05, 4.69) is 6.92 Å². The molecule has 0 aromatic rings. The average Bonchev–Trinajstić information content (AvgIpc) is 2.73. The summed E-state index contributed by atoms with van der Waals surface area (Å²) in [6.07, 6.45) is 29.6. The number of hydrogen-bond donors (Lipinski definition) is 2. The van der Waals surface area contributed by atoms with E-state index >= 15 is 0 Å². The van der Waals surface area contributed by atoms with Crippen LogP contribution < -0.4 is 0 Å². The van der Waals surface area contributed by atoms with Crippen LogP contribution in [0.4, 0.5) is 0 Å². The summed E-state index contributed by atoms with van der Waals surface area (Å²) < 4.78 is 0. The molecule has 0 aliphatic rings. The maximum atomic E-state index is 10.4. The number of aliphatic hydroxyl groups is 1. The van der Waals surface area contributed by atoms with Gasteiger partial charge in [-0.2, -0.15) is 0 Å². The van der Waals surface area contributed by atoms with Crippen LogP contribution >= 0.6 is 0 Å². The number of aliphatic carboxylic acids is 1. The van der Waals surface area contributed by atoms with Crippen LogP contribution in [-0.2, 0) is 4.79 Å². The second kappa shape index (κ2) is 24.7. The summed E-state index contributed by atoms with van der Waals surface area (Å²) in [5, 5.41) is 18.4. The minimum Gasteiger partial charge on any atom is -0.481 e. The van der Waals surface area contributed by atoms with Crippen LogP contribution in [-0.4, -0.2) is 22.3 Å². The summed E-state index contributed by atoms with van der Waals surface area (Å²) in [6, 6.07) is 0. The number of carboxylic acid groups (broad SMARTS) is 1. The van der Waals surface area contributed by atoms with Crippen molar-refractivity contribution in [3.8, 4) is 0 Å². The highest BCUT2D eigenvalue weighted by Gasteiger charge is 2.02. The summed E-state index contributed by atoms with van der Waals surface area (Å²) in [7, 11) is 0. The first-order valence-electron chi connectivity index (χ1n) is 13.6. The Labute approximate surface area is 188 Å². The van der Waals surface area contributed by atoms with E-state index in [9.17, 15) is 9.90 Å². The normalized spacial score (nSPS) is 12.3. The predicted octanol–water partition coefficient (Wildman–Crippen LogP) is 8.81. The van der Waals surface area contributed by atoms with E-state index in [-0.39, 0.29) is 6.10 Å². The van der Waals surface area contributed by atoms with Gasteiger partial charge in [0.05, 0.1) is 6.10 Å². The van der Waals surface area contributed by atoms with Crippen molar-refractivity contribution in [2.24, 2.45) is 0 Å². The standard InChI is InChI=1S/C27H54O3/c1-2-3-23-26(28)24-21-19-17-15-13-11-9-7-5-4-6-8-10-12-14-16-18-20-22-25-27(29)30/h26,28H,2-25H2,1H3,(H,29,30). The lowest BCUT2D eigenvalue weighted by molar-refractivity contribution is -0.137. The summed E-state index contributed by atoms with van der Waals surface area (Å²) in [4.78, 5) is 10.4. The zero-order valence-corrected chi connectivity index (χ0v) is 20.4. The van der Waals surface area contributed by atoms with Crippen molar-refractivity contribution in [1.82, 2.24) is 0 Å². The largest absolute Gasteiger partial charge is 0.481 e. The molecular formula is C27H54O3. The van der Waals surface area contributed by atoms with Gasteiger partial charge in [0, 0.05) is 6.42 Å². The topological polar surface area (TPSA) is 57.5 Å². The average molecular weight is 427 g/mol. The molecule has 0 spiro atoms. The van der Waals surface area contributed by atoms with Crippen LogP contribution in [0.1, 0.15) is 161 Å². The number of carbonyl (C=O) groups is 1. The monoisotopic (exact) mass is 426 g/mol. The Morgan fingerprint density at radius 1 is 0.533 bits per heavy atom. The number of hydrogen-bond acceptors (Lipinski definition) is 2. The number of rotatable bonds is 25. The third-order valence-corrected chi connectivity index (χ3v) is 6.32. The number of carboxylic acids is 1. The van der Waals surface area contributed by atoms with Gasteiger partial charge in [0.25, 0.3) is 0 Å². The molecule has 30 heavy (non-hydrogen) atoms. The van der Waals surface area contributed by atoms with E-state index in [0.29, 0.717) is 6.42 Å². The highest BCUT2D eigenvalue weighted by atomic mass is 16.4. The maximum Gasteiger partial charge on any atom is 0.303 e. The fourth-order valence-electron chi connectivity index (χ4n) is 4.25. The van der Waals surface area contributed by atoms with Crippen LogP contribution in [0.3, 0.4) is 0 Å². The van der Waals surface area contributed by atoms with Gasteiger partial charge in [-0.3, -0.25) is 4.79 Å². The van der Waals surface area contributed by atoms with E-state index in [1.807, 2.05) is 0 Å². The first-order valence-corrected chi connectivity index (χ1v) is 13.6. The van der Waals surface area contributed by atoms with Crippen LogP contribution in [0.25, 0.3) is 0 Å². The third kappa shape index (κ3) is 25.5. The van der Waals surface area contributed by atoms with Gasteiger partial charge in [-0.1, -0.05) is 135 Å². The van der Waals surface area contributed by atoms with Gasteiger partial charge in [-0.25, -0.2) is 0 Å². The first kappa shape index (κ1) is 29.4. The molecule has 2 N–H and O–H groups in total. The molecule has 0 radical (unpaired) electrons. The first-order chi connectivity index (χ1) is 14.7. The molecule has 0 aromatic carbocycles. The molecular weight excluding hydrogens is 372 g/mol. The molecule has 0 aliphatic heterocycles. The van der Waals surface area contributed by atoms with Crippen molar-refractivity contribution in [2.75, 3.05) is 0 Å². The molecule has 0 saturated heterocycles. The van der Waals surface area contributed by atoms with E-state index in [0.717, 1.165) is 25.7 Å². The molecule has 3 nitrogen and oxygen atoms in total. The van der Waals surface area contributed by atoms with Crippen molar-refractivity contribution < 1.29 is 15.0 Å². The smallest absolute Gasteiger partial charge is 0.303 e. The lowest BCUT2D eigenvalue weighted by atomic mass is 10.0. The van der Waals surface area contributed by atoms with Gasteiger partial charge >= 0.3 is 5.97 Å². The molecule has 0 amide bonds. The molecule has 0 saturated carbocycles. The fraction of sp³-hybridized carbons (Fsp3) is 0.963. The zero-order valence-electron chi connectivity index (χ0n) is 20.4. The van der Waals surface area contributed by atoms with Crippen LogP contribution in [0.15, 0.2) is 0 Å². The highest BCUT2D eigenvalue weighted by Crippen LogP contribution is 2.15. The fourth-order valence-corrected chi connectivity index (χ4v) is 4.25. The number of unbranched alkanes of at least 4 members (excludes halogenated alkanes) is 19. The lowest BCUT2D eigenvalue weighted by Crippen LogP contribution is -2.05. The second-order valence-electron chi connectivity index (χ2n) is 9.45. The molecule has 0 aliphatic carbocycles. The Morgan fingerprint density at radius 3 is 1.17 bits per heavy atom. The summed E-state index contributed by atoms with van der Waals surface area (Å²) in [6.45, 7) is 2.19. The molecule has 0 rings (SSSR count). The summed E-state index contributed by atoms with van der Waals surface area (Å²) in [5.41, 5.74) is 0. The van der Waals surface area contributed by atoms with Gasteiger partial charge in [-0.05, 0) is 19.3 Å². The second-order valence-corrected chi connectivity index (χ2v) is 9.45. The molecule has 3 heteroatoms. The minimum absolute atomic E-state index is 0.0493. The Hall–Kier alpha value is -0.570. The van der Waals surface area contributed by atoms with Crippen molar-refractivity contribution >= 4 is 5.97 Å². The third-order valence-electron chi connectivity index (χ3n) is 6.32. The van der Waals surface area contributed by atoms with Gasteiger partial charge in [-0.15, -0.1) is 0 Å². The van der Waals surface area contributed by atoms with E-state index < -0.39 is 5.97 Å². The van der Waals surface area contributed by atoms with Crippen molar-refractivity contribution in [2.45, 2.75) is 167 Å². The highest BCUT2D eigenvalue weighted by molar-refractivity contribution is 5.66. The maximum absolute atomic E-state index is 10.4. The van der Waals surface area contributed by atoms with Gasteiger partial charge in [0.2, 0.25) is 0 Å². The van der Waals surface area contributed by atoms with Gasteiger partial charge in [0.15, 0.2) is 0 Å². The van der Waals surface area contributed by atoms with E-state index in [4.69, 9.17) is 5.11 Å². The van der Waals surface area contributed by atoms with Crippen molar-refractivity contribution in [3.63, 3.8) is 0 Å². The minimum atomic E-state index is -0.656. The predicted molar refractivity (Wildman–Crippen MR) is 130 cm³/mol. The summed E-state index contributed by atoms with van der Waals surface area (Å²) >= 11 is 0. The molecule has 0 bridgehead atoms. The quantitative estimate of drug-likeness (QED) is 0.143. The molecule has 1 unspecified atom stereocenters. The zero-order chi connectivity index (χ0) is 22.1. The van der Waals surface area contributed by atoms with Crippen LogP contribution in [0, 0.1) is 0 Å². The molecule has 0 heterocycles. The van der Waals surface area contributed by atoms with Gasteiger partial charge in [0.1, 0.15) is 0 Å². The molecule has 0 fully saturated rings. The Bertz CT molecular complexity index is 343. The lowest BCUT2D eigenvalue weighted by Gasteiger charge is -2.09. The van der Waals surface area contributed by atoms with E-state index in [1.54, 1.807) is 0 Å². The van der Waals surface area contributed by atoms with E-state index in [1.165, 1.54) is 122 Å². The van der Waals surface area contributed by atoms with Crippen LogP contribution in [0.2, 0.25) is 0 Å². The van der Waals surface area contributed by atoms with Crippen LogP contribution in [0.5, 0.6) is 0 Å². The summed E-state index contributed by atoms with van der Waals surface area (Å²) in [5.74, 6) is -0.656. The van der Waals surface area contributed by atoms with Crippen molar-refractivity contribution in [3.05, 3.63) is 0 Å². The SMILES string of the molecule is CCCCC(O)CCCCCCCCCCCCCCCCCCCCCC(=O)O. The Kier molecular flexibility index (Phi) is 24.2. The van der Waals surface area contributed by atoms with Crippen molar-refractivity contribution in [1.29, 1.82) is 0 Å². The molecule has 0 aromatic heterocycles. The molecule has 180 valence electrons. The Balaban J connectivity index is 3.06. The Morgan fingerprint density at radius 2 is 0.833 bits per heavy atom.